The van der Waals surface area contributed by atoms with Gasteiger partial charge in [0.25, 0.3) is 0 Å². The molecule has 0 radical (unpaired) electrons. The Morgan fingerprint density at radius 2 is 2.25 bits per heavy atom. The van der Waals surface area contributed by atoms with Crippen LogP contribution in [0.5, 0.6) is 0 Å². The summed E-state index contributed by atoms with van der Waals surface area (Å²) in [6, 6.07) is 6.98. The summed E-state index contributed by atoms with van der Waals surface area (Å²) in [5.41, 5.74) is 0.781. The number of benzene rings is 1. The van der Waals surface area contributed by atoms with Crippen LogP contribution in [0.25, 0.3) is 0 Å². The lowest BCUT2D eigenvalue weighted by molar-refractivity contribution is 0.105. The highest BCUT2D eigenvalue weighted by molar-refractivity contribution is 9.09. The van der Waals surface area contributed by atoms with Gasteiger partial charge in [0.15, 0.2) is 0 Å². The molecule has 3 unspecified atom stereocenters. The number of rotatable bonds is 3. The molecule has 0 spiro atoms. The van der Waals surface area contributed by atoms with Crippen LogP contribution in [0.3, 0.4) is 0 Å². The molecule has 2 rings (SSSR count). The number of halogens is 2. The predicted octanol–water partition coefficient (Wildman–Crippen LogP) is 3.56. The summed E-state index contributed by atoms with van der Waals surface area (Å²) >= 11 is 3.67. The van der Waals surface area contributed by atoms with Gasteiger partial charge in [0.05, 0.1) is 6.10 Å². The van der Waals surface area contributed by atoms with Gasteiger partial charge in [-0.1, -0.05) is 34.1 Å². The first kappa shape index (κ1) is 12.1. The second-order valence-corrected chi connectivity index (χ2v) is 5.52. The maximum absolute atomic E-state index is 13.5. The van der Waals surface area contributed by atoms with Crippen molar-refractivity contribution in [3.63, 3.8) is 0 Å². The predicted molar refractivity (Wildman–Crippen MR) is 66.3 cm³/mol. The molecule has 88 valence electrons. The first-order chi connectivity index (χ1) is 7.68. The molecule has 1 saturated heterocycles. The lowest BCUT2D eigenvalue weighted by Crippen LogP contribution is -2.23. The molecule has 16 heavy (non-hydrogen) atoms. The summed E-state index contributed by atoms with van der Waals surface area (Å²) in [6.07, 6.45) is 2.06. The Morgan fingerprint density at radius 1 is 1.50 bits per heavy atom. The van der Waals surface area contributed by atoms with Crippen LogP contribution in [-0.2, 0) is 11.2 Å². The van der Waals surface area contributed by atoms with Crippen molar-refractivity contribution in [1.29, 1.82) is 0 Å². The van der Waals surface area contributed by atoms with Crippen LogP contribution in [0.2, 0.25) is 0 Å². The zero-order chi connectivity index (χ0) is 11.5. The molecule has 1 aliphatic rings. The van der Waals surface area contributed by atoms with Crippen LogP contribution in [0.15, 0.2) is 24.3 Å². The third kappa shape index (κ3) is 2.64. The van der Waals surface area contributed by atoms with Crippen LogP contribution < -0.4 is 0 Å². The standard InChI is InChI=1S/C13H16BrFO/c1-9-11(6-7-16-9)12(14)8-10-4-2-3-5-13(10)15/h2-5,9,11-12H,6-8H2,1H3. The van der Waals surface area contributed by atoms with E-state index in [0.29, 0.717) is 10.7 Å². The number of hydrogen-bond donors (Lipinski definition) is 0. The topological polar surface area (TPSA) is 9.23 Å². The average molecular weight is 287 g/mol. The Hall–Kier alpha value is -0.410. The summed E-state index contributed by atoms with van der Waals surface area (Å²) in [4.78, 5) is 0.293. The van der Waals surface area contributed by atoms with Crippen LogP contribution in [0, 0.1) is 11.7 Å². The molecule has 3 atom stereocenters. The van der Waals surface area contributed by atoms with E-state index in [1.165, 1.54) is 6.07 Å². The summed E-state index contributed by atoms with van der Waals surface area (Å²) in [7, 11) is 0. The molecule has 0 amide bonds. The molecule has 1 fully saturated rings. The Balaban J connectivity index is 2.02. The third-order valence-corrected chi connectivity index (χ3v) is 4.27. The Labute approximate surface area is 104 Å². The van der Waals surface area contributed by atoms with Gasteiger partial charge in [-0.15, -0.1) is 0 Å². The number of hydrogen-bond acceptors (Lipinski definition) is 1. The van der Waals surface area contributed by atoms with Gasteiger partial charge in [-0.25, -0.2) is 4.39 Å². The van der Waals surface area contributed by atoms with E-state index in [4.69, 9.17) is 4.74 Å². The summed E-state index contributed by atoms with van der Waals surface area (Å²) in [5.74, 6) is 0.373. The molecule has 1 aliphatic heterocycles. The fraction of sp³-hybridized carbons (Fsp3) is 0.538. The van der Waals surface area contributed by atoms with E-state index in [2.05, 4.69) is 22.9 Å². The van der Waals surface area contributed by atoms with E-state index in [1.807, 2.05) is 12.1 Å². The van der Waals surface area contributed by atoms with Crippen molar-refractivity contribution in [2.75, 3.05) is 6.61 Å². The smallest absolute Gasteiger partial charge is 0.126 e. The highest BCUT2D eigenvalue weighted by Crippen LogP contribution is 2.30. The Kier molecular flexibility index (Phi) is 3.98. The minimum atomic E-state index is -0.112. The second kappa shape index (κ2) is 5.28. The van der Waals surface area contributed by atoms with E-state index in [1.54, 1.807) is 6.07 Å². The largest absolute Gasteiger partial charge is 0.378 e. The van der Waals surface area contributed by atoms with E-state index < -0.39 is 0 Å². The third-order valence-electron chi connectivity index (χ3n) is 3.27. The molecule has 0 aromatic heterocycles. The molecule has 1 aromatic rings. The number of ether oxygens (including phenoxy) is 1. The molecule has 1 aromatic carbocycles. The van der Waals surface area contributed by atoms with Crippen LogP contribution in [0.1, 0.15) is 18.9 Å². The van der Waals surface area contributed by atoms with Crippen molar-refractivity contribution in [3.8, 4) is 0 Å². The monoisotopic (exact) mass is 286 g/mol. The highest BCUT2D eigenvalue weighted by Gasteiger charge is 2.30. The van der Waals surface area contributed by atoms with Crippen LogP contribution in [-0.4, -0.2) is 17.5 Å². The quantitative estimate of drug-likeness (QED) is 0.772. The maximum Gasteiger partial charge on any atom is 0.126 e. The molecular formula is C13H16BrFO. The van der Waals surface area contributed by atoms with Gasteiger partial charge in [0.2, 0.25) is 0 Å². The average Bonchev–Trinajstić information content (AvgIpc) is 2.68. The molecular weight excluding hydrogens is 271 g/mol. The first-order valence-electron chi connectivity index (χ1n) is 5.67. The Bertz CT molecular complexity index is 356. The van der Waals surface area contributed by atoms with E-state index in [0.717, 1.165) is 25.0 Å². The molecule has 0 aliphatic carbocycles. The Morgan fingerprint density at radius 3 is 2.88 bits per heavy atom. The highest BCUT2D eigenvalue weighted by atomic mass is 79.9. The molecule has 3 heteroatoms. The molecule has 0 saturated carbocycles. The van der Waals surface area contributed by atoms with Crippen molar-refractivity contribution in [3.05, 3.63) is 35.6 Å². The summed E-state index contributed by atoms with van der Waals surface area (Å²) in [6.45, 7) is 2.92. The zero-order valence-corrected chi connectivity index (χ0v) is 10.9. The molecule has 0 N–H and O–H groups in total. The fourth-order valence-electron chi connectivity index (χ4n) is 2.25. The van der Waals surface area contributed by atoms with Gasteiger partial charge in [0.1, 0.15) is 5.82 Å². The maximum atomic E-state index is 13.5. The van der Waals surface area contributed by atoms with E-state index >= 15 is 0 Å². The SMILES string of the molecule is CC1OCCC1C(Br)Cc1ccccc1F. The second-order valence-electron chi connectivity index (χ2n) is 4.34. The minimum Gasteiger partial charge on any atom is -0.378 e. The first-order valence-corrected chi connectivity index (χ1v) is 6.59. The van der Waals surface area contributed by atoms with Gasteiger partial charge in [-0.2, -0.15) is 0 Å². The lowest BCUT2D eigenvalue weighted by Gasteiger charge is -2.20. The van der Waals surface area contributed by atoms with Crippen molar-refractivity contribution >= 4 is 15.9 Å². The summed E-state index contributed by atoms with van der Waals surface area (Å²) in [5, 5.41) is 0. The van der Waals surface area contributed by atoms with E-state index in [9.17, 15) is 4.39 Å². The van der Waals surface area contributed by atoms with Crippen LogP contribution >= 0.6 is 15.9 Å². The fourth-order valence-corrected chi connectivity index (χ4v) is 3.29. The van der Waals surface area contributed by atoms with Crippen molar-refractivity contribution in [2.45, 2.75) is 30.7 Å². The van der Waals surface area contributed by atoms with Crippen molar-refractivity contribution in [2.24, 2.45) is 5.92 Å². The van der Waals surface area contributed by atoms with E-state index in [-0.39, 0.29) is 11.9 Å². The molecule has 0 bridgehead atoms. The van der Waals surface area contributed by atoms with Gasteiger partial charge in [0, 0.05) is 11.4 Å². The lowest BCUT2D eigenvalue weighted by atomic mass is 9.94. The molecule has 1 heterocycles. The van der Waals surface area contributed by atoms with Gasteiger partial charge in [-0.05, 0) is 37.3 Å². The zero-order valence-electron chi connectivity index (χ0n) is 9.33. The normalized spacial score (nSPS) is 26.9. The van der Waals surface area contributed by atoms with Gasteiger partial charge in [-0.3, -0.25) is 0 Å². The van der Waals surface area contributed by atoms with Gasteiger partial charge >= 0.3 is 0 Å². The van der Waals surface area contributed by atoms with Gasteiger partial charge < -0.3 is 4.74 Å². The van der Waals surface area contributed by atoms with Crippen molar-refractivity contribution < 1.29 is 9.13 Å². The number of alkyl halides is 1. The van der Waals surface area contributed by atoms with Crippen molar-refractivity contribution in [1.82, 2.24) is 0 Å². The minimum absolute atomic E-state index is 0.112. The summed E-state index contributed by atoms with van der Waals surface area (Å²) < 4.78 is 19.0. The van der Waals surface area contributed by atoms with Crippen LogP contribution in [0.4, 0.5) is 4.39 Å². The molecule has 1 nitrogen and oxygen atoms in total.